The maximum atomic E-state index is 13.0. The number of hydrogen-bond donors (Lipinski definition) is 1. The van der Waals surface area contributed by atoms with Gasteiger partial charge in [-0.15, -0.1) is 24.0 Å². The number of guanidine groups is 1. The lowest BCUT2D eigenvalue weighted by atomic mass is 10.2. The Labute approximate surface area is 172 Å². The zero-order chi connectivity index (χ0) is 18.5. The number of piperazine rings is 1. The number of nitrogens with zero attached hydrogens (tertiary/aromatic N) is 6. The van der Waals surface area contributed by atoms with E-state index in [1.54, 1.807) is 12.1 Å². The van der Waals surface area contributed by atoms with Crippen LogP contribution in [0.1, 0.15) is 0 Å². The molecule has 0 bridgehead atoms. The molecule has 1 fully saturated rings. The molecule has 1 aliphatic rings. The van der Waals surface area contributed by atoms with Crippen LogP contribution in [0.3, 0.4) is 0 Å². The van der Waals surface area contributed by atoms with Crippen molar-refractivity contribution in [3.8, 4) is 0 Å². The molecular formula is C16H21FIN7O2. The molecule has 0 unspecified atom stereocenters. The minimum absolute atomic E-state index is 0. The van der Waals surface area contributed by atoms with Crippen LogP contribution in [0.25, 0.3) is 0 Å². The second-order valence-electron chi connectivity index (χ2n) is 5.91. The minimum Gasteiger partial charge on any atom is -0.370 e. The van der Waals surface area contributed by atoms with Crippen molar-refractivity contribution in [3.63, 3.8) is 0 Å². The second-order valence-corrected chi connectivity index (χ2v) is 5.91. The van der Waals surface area contributed by atoms with Crippen molar-refractivity contribution in [2.24, 2.45) is 10.7 Å². The second kappa shape index (κ2) is 9.48. The van der Waals surface area contributed by atoms with E-state index in [9.17, 15) is 14.5 Å². The lowest BCUT2D eigenvalue weighted by Crippen LogP contribution is -2.51. The minimum atomic E-state index is -0.484. The average molecular weight is 489 g/mol. The van der Waals surface area contributed by atoms with Crippen molar-refractivity contribution in [2.45, 2.75) is 6.54 Å². The zero-order valence-corrected chi connectivity index (χ0v) is 16.9. The molecule has 2 N–H and O–H groups in total. The van der Waals surface area contributed by atoms with Crippen molar-refractivity contribution in [1.82, 2.24) is 14.7 Å². The molecule has 3 rings (SSSR count). The van der Waals surface area contributed by atoms with Gasteiger partial charge < -0.3 is 15.5 Å². The zero-order valence-electron chi connectivity index (χ0n) is 14.6. The van der Waals surface area contributed by atoms with Gasteiger partial charge in [0, 0.05) is 31.9 Å². The first-order valence-corrected chi connectivity index (χ1v) is 8.25. The highest BCUT2D eigenvalue weighted by Gasteiger charge is 2.18. The van der Waals surface area contributed by atoms with Gasteiger partial charge in [0.25, 0.3) is 0 Å². The standard InChI is InChI=1S/C16H20FN7O2.HI/c17-13-1-3-14(4-2-13)21-7-9-22(10-8-21)16(18)19-5-6-23-12-15(11-20-23)24(25)26;/h1-4,11-12H,5-10H2,(H2,18,19);1H. The Bertz CT molecular complexity index is 788. The Kier molecular flexibility index (Phi) is 7.33. The van der Waals surface area contributed by atoms with Gasteiger partial charge in [-0.05, 0) is 24.3 Å². The summed E-state index contributed by atoms with van der Waals surface area (Å²) in [5.74, 6) is 0.205. The summed E-state index contributed by atoms with van der Waals surface area (Å²) in [7, 11) is 0. The number of aliphatic imine (C=N–C) groups is 1. The lowest BCUT2D eigenvalue weighted by molar-refractivity contribution is -0.385. The van der Waals surface area contributed by atoms with E-state index in [0.717, 1.165) is 31.9 Å². The van der Waals surface area contributed by atoms with Crippen molar-refractivity contribution in [3.05, 3.63) is 52.6 Å². The third-order valence-corrected chi connectivity index (χ3v) is 4.23. The predicted octanol–water partition coefficient (Wildman–Crippen LogP) is 1.69. The van der Waals surface area contributed by atoms with E-state index in [-0.39, 0.29) is 35.5 Å². The predicted molar refractivity (Wildman–Crippen MR) is 111 cm³/mol. The highest BCUT2D eigenvalue weighted by atomic mass is 127. The van der Waals surface area contributed by atoms with Crippen LogP contribution in [0.15, 0.2) is 41.7 Å². The SMILES string of the molecule is I.NC(=NCCn1cc([N+](=O)[O-])cn1)N1CCN(c2ccc(F)cc2)CC1. The van der Waals surface area contributed by atoms with Crippen LogP contribution in [0, 0.1) is 15.9 Å². The third kappa shape index (κ3) is 5.52. The quantitative estimate of drug-likeness (QED) is 0.225. The van der Waals surface area contributed by atoms with Crippen LogP contribution >= 0.6 is 24.0 Å². The number of halogens is 2. The van der Waals surface area contributed by atoms with E-state index in [2.05, 4.69) is 15.0 Å². The maximum Gasteiger partial charge on any atom is 0.306 e. The van der Waals surface area contributed by atoms with Crippen molar-refractivity contribution >= 4 is 41.3 Å². The van der Waals surface area contributed by atoms with Crippen LogP contribution < -0.4 is 10.6 Å². The van der Waals surface area contributed by atoms with Gasteiger partial charge >= 0.3 is 5.69 Å². The van der Waals surface area contributed by atoms with E-state index in [1.165, 1.54) is 29.2 Å². The summed E-state index contributed by atoms with van der Waals surface area (Å²) in [4.78, 5) is 18.6. The Morgan fingerprint density at radius 3 is 2.52 bits per heavy atom. The molecule has 11 heteroatoms. The highest BCUT2D eigenvalue weighted by molar-refractivity contribution is 14.0. The van der Waals surface area contributed by atoms with Crippen LogP contribution in [0.4, 0.5) is 15.8 Å². The summed E-state index contributed by atoms with van der Waals surface area (Å²) in [6.07, 6.45) is 2.58. The summed E-state index contributed by atoms with van der Waals surface area (Å²) in [5.41, 5.74) is 6.99. The molecule has 9 nitrogen and oxygen atoms in total. The van der Waals surface area contributed by atoms with E-state index in [1.807, 2.05) is 4.90 Å². The van der Waals surface area contributed by atoms with Gasteiger partial charge in [0.2, 0.25) is 0 Å². The van der Waals surface area contributed by atoms with E-state index < -0.39 is 4.92 Å². The molecule has 1 saturated heterocycles. The largest absolute Gasteiger partial charge is 0.370 e. The van der Waals surface area contributed by atoms with Crippen LogP contribution in [0.2, 0.25) is 0 Å². The van der Waals surface area contributed by atoms with Gasteiger partial charge in [-0.25, -0.2) is 4.39 Å². The molecule has 0 amide bonds. The molecule has 2 heterocycles. The Hall–Kier alpha value is -2.44. The fourth-order valence-electron chi connectivity index (χ4n) is 2.78. The average Bonchev–Trinajstić information content (AvgIpc) is 3.12. The van der Waals surface area contributed by atoms with E-state index in [0.29, 0.717) is 19.0 Å². The molecule has 0 spiro atoms. The first-order chi connectivity index (χ1) is 12.5. The van der Waals surface area contributed by atoms with Gasteiger partial charge in [0.05, 0.1) is 18.0 Å². The molecular weight excluding hydrogens is 468 g/mol. The number of nitro groups is 1. The van der Waals surface area contributed by atoms with Gasteiger partial charge in [0.15, 0.2) is 5.96 Å². The first-order valence-electron chi connectivity index (χ1n) is 8.25. The van der Waals surface area contributed by atoms with Crippen molar-refractivity contribution < 1.29 is 9.31 Å². The van der Waals surface area contributed by atoms with Crippen molar-refractivity contribution in [2.75, 3.05) is 37.6 Å². The fraction of sp³-hybridized carbons (Fsp3) is 0.375. The summed E-state index contributed by atoms with van der Waals surface area (Å²) >= 11 is 0. The number of anilines is 1. The smallest absolute Gasteiger partial charge is 0.306 e. The Morgan fingerprint density at radius 2 is 1.93 bits per heavy atom. The first kappa shape index (κ1) is 20.9. The van der Waals surface area contributed by atoms with Gasteiger partial charge in [-0.3, -0.25) is 19.8 Å². The number of benzene rings is 1. The number of aromatic nitrogens is 2. The summed E-state index contributed by atoms with van der Waals surface area (Å²) < 4.78 is 14.5. The molecule has 27 heavy (non-hydrogen) atoms. The monoisotopic (exact) mass is 489 g/mol. The lowest BCUT2D eigenvalue weighted by Gasteiger charge is -2.36. The highest BCUT2D eigenvalue weighted by Crippen LogP contribution is 2.16. The molecule has 1 aliphatic heterocycles. The molecule has 2 aromatic rings. The Morgan fingerprint density at radius 1 is 1.26 bits per heavy atom. The van der Waals surface area contributed by atoms with Crippen LogP contribution in [-0.4, -0.2) is 58.3 Å². The van der Waals surface area contributed by atoms with Gasteiger partial charge in [0.1, 0.15) is 18.2 Å². The molecule has 0 atom stereocenters. The maximum absolute atomic E-state index is 13.0. The summed E-state index contributed by atoms with van der Waals surface area (Å²) in [6.45, 7) is 3.80. The van der Waals surface area contributed by atoms with E-state index in [4.69, 9.17) is 5.73 Å². The molecule has 0 saturated carbocycles. The number of hydrogen-bond acceptors (Lipinski definition) is 5. The third-order valence-electron chi connectivity index (χ3n) is 4.23. The van der Waals surface area contributed by atoms with Crippen LogP contribution in [-0.2, 0) is 6.54 Å². The summed E-state index contributed by atoms with van der Waals surface area (Å²) in [5, 5.41) is 14.5. The molecule has 0 aliphatic carbocycles. The van der Waals surface area contributed by atoms with Crippen LogP contribution in [0.5, 0.6) is 0 Å². The molecule has 0 radical (unpaired) electrons. The number of nitrogens with two attached hydrogens (primary N) is 1. The van der Waals surface area contributed by atoms with Gasteiger partial charge in [-0.1, -0.05) is 0 Å². The molecule has 146 valence electrons. The normalized spacial score (nSPS) is 14.8. The van der Waals surface area contributed by atoms with Crippen molar-refractivity contribution in [1.29, 1.82) is 0 Å². The fourth-order valence-corrected chi connectivity index (χ4v) is 2.78. The van der Waals surface area contributed by atoms with Gasteiger partial charge in [-0.2, -0.15) is 5.10 Å². The topological polar surface area (TPSA) is 106 Å². The Balaban J connectivity index is 0.00000261. The molecule has 1 aromatic heterocycles. The van der Waals surface area contributed by atoms with E-state index >= 15 is 0 Å². The number of rotatable bonds is 5. The molecule has 1 aromatic carbocycles. The summed E-state index contributed by atoms with van der Waals surface area (Å²) in [6, 6.07) is 6.45.